The second-order valence-corrected chi connectivity index (χ2v) is 12.4. The summed E-state index contributed by atoms with van der Waals surface area (Å²) in [6.07, 6.45) is 7.48. The summed E-state index contributed by atoms with van der Waals surface area (Å²) in [5, 5.41) is 51.4. The molecule has 52 heavy (non-hydrogen) atoms. The number of alkyl halides is 3. The first-order valence-corrected chi connectivity index (χ1v) is 16.7. The quantitative estimate of drug-likeness (QED) is 0.0668. The van der Waals surface area contributed by atoms with Crippen LogP contribution in [0.15, 0.2) is 60.7 Å². The molecule has 2 aromatic carbocycles. The summed E-state index contributed by atoms with van der Waals surface area (Å²) in [6, 6.07) is 13.6. The second-order valence-electron chi connectivity index (χ2n) is 12.4. The Balaban J connectivity index is 0. The predicted molar refractivity (Wildman–Crippen MR) is 183 cm³/mol. The van der Waals surface area contributed by atoms with E-state index in [-0.39, 0.29) is 129 Å². The van der Waals surface area contributed by atoms with Gasteiger partial charge in [-0.25, -0.2) is 0 Å². The molecule has 0 heterocycles. The molecule has 0 radical (unpaired) electrons. The molecule has 0 aromatic heterocycles. The fourth-order valence-electron chi connectivity index (χ4n) is 5.63. The van der Waals surface area contributed by atoms with Crippen LogP contribution in [0.5, 0.6) is 0 Å². The molecule has 4 rings (SSSR count). The van der Waals surface area contributed by atoms with Crippen molar-refractivity contribution in [3.63, 3.8) is 0 Å². The molecule has 7 N–H and O–H groups in total. The third-order valence-electron chi connectivity index (χ3n) is 8.38. The zero-order chi connectivity index (χ0) is 38.9. The van der Waals surface area contributed by atoms with Crippen molar-refractivity contribution in [1.82, 2.24) is 5.32 Å². The van der Waals surface area contributed by atoms with E-state index in [1.807, 2.05) is 24.3 Å². The van der Waals surface area contributed by atoms with E-state index >= 15 is 0 Å². The normalized spacial score (nSPS) is 19.2. The van der Waals surface area contributed by atoms with E-state index in [0.717, 1.165) is 50.5 Å². The zero-order valence-electron chi connectivity index (χ0n) is 33.0. The van der Waals surface area contributed by atoms with Crippen LogP contribution in [0.25, 0.3) is 12.2 Å². The number of nitrogens with two attached hydrogens (primary N) is 1. The molecular weight excluding hydrogens is 736 g/mol. The summed E-state index contributed by atoms with van der Waals surface area (Å²) in [7, 11) is 0. The first kappa shape index (κ1) is 47.8. The Hall–Kier alpha value is -0.317. The minimum absolute atomic E-state index is 0. The first-order valence-electron chi connectivity index (χ1n) is 17.7. The maximum Gasteiger partial charge on any atom is 1.00 e. The van der Waals surface area contributed by atoms with Crippen LogP contribution in [0.2, 0.25) is 0 Å². The first-order chi connectivity index (χ1) is 24.4. The van der Waals surface area contributed by atoms with Crippen molar-refractivity contribution in [2.75, 3.05) is 13.1 Å². The summed E-state index contributed by atoms with van der Waals surface area (Å²) in [5.74, 6) is -2.10. The average Bonchev–Trinajstić information content (AvgIpc) is 3.11. The molecule has 15 heteroatoms. The average molecular weight is 789 g/mol. The molecule has 2 fully saturated rings. The summed E-state index contributed by atoms with van der Waals surface area (Å²) in [4.78, 5) is 22.0. The van der Waals surface area contributed by atoms with E-state index in [9.17, 15) is 38.4 Å². The minimum atomic E-state index is -5.00. The summed E-state index contributed by atoms with van der Waals surface area (Å²) >= 11 is 0. The van der Waals surface area contributed by atoms with E-state index in [0.29, 0.717) is 24.0 Å². The van der Waals surface area contributed by atoms with Gasteiger partial charge in [0.2, 0.25) is 0 Å². The fourth-order valence-corrected chi connectivity index (χ4v) is 5.63. The number of hydrogen-bond acceptors (Lipinski definition) is 9. The predicted octanol–water partition coefficient (Wildman–Crippen LogP) is -1.17. The number of nitrogens with one attached hydrogen (secondary N) is 1. The molecule has 0 spiro atoms. The third-order valence-corrected chi connectivity index (χ3v) is 8.38. The van der Waals surface area contributed by atoms with Gasteiger partial charge in [-0.2, -0.15) is 13.2 Å². The van der Waals surface area contributed by atoms with Crippen LogP contribution in [0.1, 0.15) is 116 Å². The topological polar surface area (TPSA) is 185 Å². The summed E-state index contributed by atoms with van der Waals surface area (Å²) in [6.45, 7) is -0.405. The van der Waals surface area contributed by atoms with Gasteiger partial charge < -0.3 is 43.0 Å². The van der Waals surface area contributed by atoms with Gasteiger partial charge in [0, 0.05) is 6.54 Å². The van der Waals surface area contributed by atoms with Crippen LogP contribution in [-0.4, -0.2) is 63.3 Å². The Bertz CT molecular complexity index is 1480. The molecule has 2 atom stereocenters. The second kappa shape index (κ2) is 27.3. The molecular formula is C37H51F3K2N2O8. The van der Waals surface area contributed by atoms with Gasteiger partial charge in [-0.05, 0) is 79.5 Å². The summed E-state index contributed by atoms with van der Waals surface area (Å²) < 4.78 is 52.4. The van der Waals surface area contributed by atoms with Crippen molar-refractivity contribution in [3.8, 4) is 0 Å². The number of aliphatic hydroxyl groups is 4. The largest absolute Gasteiger partial charge is 1.00 e. The van der Waals surface area contributed by atoms with Gasteiger partial charge in [0.15, 0.2) is 0 Å². The monoisotopic (exact) mass is 788 g/mol. The van der Waals surface area contributed by atoms with Crippen molar-refractivity contribution < 1.29 is 160 Å². The van der Waals surface area contributed by atoms with Gasteiger partial charge in [0.25, 0.3) is 6.47 Å². The van der Waals surface area contributed by atoms with Crippen molar-refractivity contribution in [3.05, 3.63) is 82.9 Å². The Morgan fingerprint density at radius 1 is 0.885 bits per heavy atom. The molecule has 2 aliphatic rings. The third kappa shape index (κ3) is 20.6. The molecule has 1 amide bonds. The van der Waals surface area contributed by atoms with Gasteiger partial charge in [-0.15, -0.1) is 0 Å². The number of amides is 1. The standard InChI is InChI=1S/C19H24F3NO3.C17H25NO2.CH2O3.2K.H/c20-19(21,22)17(25)23-12-8-16(24)15-6-4-5-14(13-15)7-11-18(26)9-2-1-3-10-18;18-12-8-16(19)15-6-4-5-14(13-15)7-11-17(20)9-2-1-3-10-17;2-1-4-3;;;/h4-7,11,13,16,24,26H,1-3,8-10,12H2,(H,23,25);4-7,11,13,16,19-20H,1-3,8-10,12,18H2;1,3H;;;/q;;;2*+1;-1/p-1/b2*11-7+;;;;/i2*16D;;;;. The molecule has 0 aliphatic heterocycles. The van der Waals surface area contributed by atoms with Gasteiger partial charge in [0.1, 0.15) is 0 Å². The SMILES string of the molecule is O=CO[O-].[2H]C(O)(CCN)c1cccc(/C=C/C2(O)CCCCC2)c1.[2H]C(O)(CCNC(=O)C(F)(F)F)c1cccc(/C=C/C2(O)CCCCC2)c1.[H-].[K+].[K+]. The number of hydrogen-bond donors (Lipinski definition) is 6. The molecule has 2 aliphatic carbocycles. The molecule has 2 aromatic rings. The summed E-state index contributed by atoms with van der Waals surface area (Å²) in [5.41, 5.74) is 6.15. The van der Waals surface area contributed by atoms with Crippen molar-refractivity contribution >= 4 is 24.5 Å². The maximum atomic E-state index is 12.2. The molecule has 10 nitrogen and oxygen atoms in total. The molecule has 2 saturated carbocycles. The van der Waals surface area contributed by atoms with E-state index < -0.39 is 48.4 Å². The van der Waals surface area contributed by atoms with E-state index in [1.54, 1.807) is 47.8 Å². The van der Waals surface area contributed by atoms with Crippen LogP contribution >= 0.6 is 0 Å². The molecule has 280 valence electrons. The van der Waals surface area contributed by atoms with Crippen LogP contribution in [0, 0.1) is 0 Å². The van der Waals surface area contributed by atoms with Gasteiger partial charge in [-0.3, -0.25) is 9.59 Å². The Morgan fingerprint density at radius 3 is 1.65 bits per heavy atom. The Labute approximate surface area is 393 Å². The van der Waals surface area contributed by atoms with Gasteiger partial charge in [0.05, 0.1) is 26.1 Å². The number of benzene rings is 2. The van der Waals surface area contributed by atoms with Crippen molar-refractivity contribution in [2.24, 2.45) is 5.73 Å². The minimum Gasteiger partial charge on any atom is -1.00 e. The Kier molecular flexibility index (Phi) is 25.1. The Morgan fingerprint density at radius 2 is 1.29 bits per heavy atom. The van der Waals surface area contributed by atoms with Crippen molar-refractivity contribution in [2.45, 2.75) is 107 Å². The number of halogens is 3. The van der Waals surface area contributed by atoms with E-state index in [2.05, 4.69) is 4.89 Å². The van der Waals surface area contributed by atoms with Crippen LogP contribution in [0.3, 0.4) is 0 Å². The zero-order valence-corrected chi connectivity index (χ0v) is 36.3. The number of carbonyl (C=O) groups is 2. The van der Waals surface area contributed by atoms with Gasteiger partial charge >= 0.3 is 115 Å². The maximum absolute atomic E-state index is 12.2. The number of rotatable bonds is 12. The fraction of sp³-hybridized carbons (Fsp3) is 0.514. The van der Waals surface area contributed by atoms with Crippen LogP contribution < -0.4 is 119 Å². The molecule has 0 saturated heterocycles. The molecule has 0 bridgehead atoms. The molecule has 2 unspecified atom stereocenters. The van der Waals surface area contributed by atoms with E-state index in [4.69, 9.17) is 18.5 Å². The number of carbonyl (C=O) groups excluding carboxylic acids is 2. The van der Waals surface area contributed by atoms with Crippen LogP contribution in [0.4, 0.5) is 13.2 Å². The van der Waals surface area contributed by atoms with E-state index in [1.165, 1.54) is 12.5 Å². The van der Waals surface area contributed by atoms with Gasteiger partial charge in [-0.1, -0.05) is 99.2 Å². The van der Waals surface area contributed by atoms with Crippen LogP contribution in [-0.2, 0) is 14.5 Å². The van der Waals surface area contributed by atoms with Crippen molar-refractivity contribution in [1.29, 1.82) is 0 Å². The smallest absolute Gasteiger partial charge is 1.00 e.